The minimum absolute atomic E-state index is 0.0920. The third-order valence-electron chi connectivity index (χ3n) is 1.30. The average molecular weight is 152 g/mol. The second kappa shape index (κ2) is 5.48. The van der Waals surface area contributed by atoms with E-state index in [0.717, 1.165) is 18.9 Å². The number of rotatable bonds is 4. The molecular weight excluding hydrogens is 142 g/mol. The van der Waals surface area contributed by atoms with Crippen LogP contribution in [0.15, 0.2) is 11.6 Å². The molecule has 11 heavy (non-hydrogen) atoms. The van der Waals surface area contributed by atoms with Gasteiger partial charge in [0, 0.05) is 6.08 Å². The maximum atomic E-state index is 10.3. The number of hydrogen-bond donors (Lipinski definition) is 0. The van der Waals surface area contributed by atoms with Gasteiger partial charge in [-0.15, -0.1) is 0 Å². The van der Waals surface area contributed by atoms with Crippen LogP contribution >= 0.6 is 0 Å². The van der Waals surface area contributed by atoms with E-state index in [-0.39, 0.29) is 5.57 Å². The number of unbranched alkanes of at least 4 members (excludes halogenated alkanes) is 1. The van der Waals surface area contributed by atoms with Crippen molar-refractivity contribution in [2.75, 3.05) is 0 Å². The summed E-state index contributed by atoms with van der Waals surface area (Å²) in [6.07, 6.45) is 3.15. The number of allylic oxidation sites excluding steroid dienone is 1. The van der Waals surface area contributed by atoms with Crippen LogP contribution in [-0.4, -0.2) is 5.97 Å². The van der Waals surface area contributed by atoms with Crippen molar-refractivity contribution in [2.24, 2.45) is 0 Å². The van der Waals surface area contributed by atoms with Crippen molar-refractivity contribution in [3.8, 4) is 6.07 Å². The molecule has 60 valence electrons. The first-order valence-corrected chi connectivity index (χ1v) is 3.52. The molecule has 0 fully saturated rings. The molecule has 0 amide bonds. The molecule has 0 aromatic carbocycles. The number of aliphatic carboxylic acids is 1. The lowest BCUT2D eigenvalue weighted by molar-refractivity contribution is -0.299. The van der Waals surface area contributed by atoms with Crippen molar-refractivity contribution in [3.63, 3.8) is 0 Å². The summed E-state index contributed by atoms with van der Waals surface area (Å²) in [6.45, 7) is 1.96. The van der Waals surface area contributed by atoms with Crippen LogP contribution in [0.1, 0.15) is 26.2 Å². The van der Waals surface area contributed by atoms with Gasteiger partial charge in [0.05, 0.1) is 12.0 Å². The SMILES string of the molecule is CCCC/C(=C/C#N)C(=O)[O-]. The summed E-state index contributed by atoms with van der Waals surface area (Å²) in [5, 5.41) is 18.4. The number of nitriles is 1. The molecule has 0 bridgehead atoms. The Labute approximate surface area is 66.0 Å². The van der Waals surface area contributed by atoms with Crippen LogP contribution in [0.4, 0.5) is 0 Å². The van der Waals surface area contributed by atoms with Gasteiger partial charge in [0.25, 0.3) is 0 Å². The van der Waals surface area contributed by atoms with Gasteiger partial charge >= 0.3 is 0 Å². The van der Waals surface area contributed by atoms with E-state index in [2.05, 4.69) is 0 Å². The zero-order valence-corrected chi connectivity index (χ0v) is 6.46. The molecular formula is C8H10NO2-. The lowest BCUT2D eigenvalue weighted by Gasteiger charge is -2.04. The van der Waals surface area contributed by atoms with E-state index in [1.54, 1.807) is 6.07 Å². The van der Waals surface area contributed by atoms with Crippen molar-refractivity contribution in [3.05, 3.63) is 11.6 Å². The van der Waals surface area contributed by atoms with E-state index in [1.165, 1.54) is 0 Å². The molecule has 0 atom stereocenters. The van der Waals surface area contributed by atoms with Crippen molar-refractivity contribution in [1.29, 1.82) is 5.26 Å². The van der Waals surface area contributed by atoms with E-state index in [0.29, 0.717) is 6.42 Å². The van der Waals surface area contributed by atoms with Crippen molar-refractivity contribution in [1.82, 2.24) is 0 Å². The molecule has 0 aromatic heterocycles. The summed E-state index contributed by atoms with van der Waals surface area (Å²) in [7, 11) is 0. The Morgan fingerprint density at radius 1 is 1.73 bits per heavy atom. The molecule has 0 rings (SSSR count). The zero-order valence-electron chi connectivity index (χ0n) is 6.46. The predicted molar refractivity (Wildman–Crippen MR) is 38.2 cm³/mol. The minimum Gasteiger partial charge on any atom is -0.545 e. The quantitative estimate of drug-likeness (QED) is 0.432. The monoisotopic (exact) mass is 152 g/mol. The summed E-state index contributed by atoms with van der Waals surface area (Å²) in [4.78, 5) is 10.3. The standard InChI is InChI=1S/C8H11NO2/c1-2-3-4-7(5-6-9)8(10)11/h5H,2-4H2,1H3,(H,10,11)/p-1/b7-5-. The lowest BCUT2D eigenvalue weighted by atomic mass is 10.1. The van der Waals surface area contributed by atoms with E-state index in [4.69, 9.17) is 5.26 Å². The number of hydrogen-bond acceptors (Lipinski definition) is 3. The van der Waals surface area contributed by atoms with Crippen molar-refractivity contribution < 1.29 is 9.90 Å². The highest BCUT2D eigenvalue weighted by atomic mass is 16.4. The van der Waals surface area contributed by atoms with Crippen molar-refractivity contribution in [2.45, 2.75) is 26.2 Å². The number of carbonyl (C=O) groups excluding carboxylic acids is 1. The largest absolute Gasteiger partial charge is 0.545 e. The molecule has 0 aliphatic heterocycles. The summed E-state index contributed by atoms with van der Waals surface area (Å²) in [5.41, 5.74) is 0.0920. The number of nitrogens with zero attached hydrogens (tertiary/aromatic N) is 1. The molecule has 0 saturated heterocycles. The second-order valence-electron chi connectivity index (χ2n) is 2.19. The normalized spacial score (nSPS) is 10.7. The molecule has 0 aliphatic rings. The second-order valence-corrected chi connectivity index (χ2v) is 2.19. The van der Waals surface area contributed by atoms with Gasteiger partial charge in [-0.2, -0.15) is 5.26 Å². The number of carbonyl (C=O) groups is 1. The van der Waals surface area contributed by atoms with Crippen LogP contribution in [-0.2, 0) is 4.79 Å². The molecule has 0 aliphatic carbocycles. The van der Waals surface area contributed by atoms with Crippen LogP contribution in [0.2, 0.25) is 0 Å². The Balaban J connectivity index is 4.04. The maximum absolute atomic E-state index is 10.3. The molecule has 0 saturated carbocycles. The first-order chi connectivity index (χ1) is 5.22. The molecule has 0 N–H and O–H groups in total. The van der Waals surface area contributed by atoms with Crippen LogP contribution < -0.4 is 5.11 Å². The van der Waals surface area contributed by atoms with Gasteiger partial charge in [-0.25, -0.2) is 0 Å². The van der Waals surface area contributed by atoms with E-state index in [9.17, 15) is 9.90 Å². The summed E-state index contributed by atoms with van der Waals surface area (Å²) < 4.78 is 0. The van der Waals surface area contributed by atoms with Gasteiger partial charge in [-0.05, 0) is 18.4 Å². The molecule has 0 unspecified atom stereocenters. The molecule has 0 aromatic rings. The van der Waals surface area contributed by atoms with Crippen LogP contribution in [0.5, 0.6) is 0 Å². The highest BCUT2D eigenvalue weighted by Crippen LogP contribution is 2.05. The Bertz CT molecular complexity index is 201. The predicted octanol–water partition coefficient (Wildman–Crippen LogP) is 0.376. The summed E-state index contributed by atoms with van der Waals surface area (Å²) in [5.74, 6) is -1.24. The summed E-state index contributed by atoms with van der Waals surface area (Å²) >= 11 is 0. The molecule has 0 heterocycles. The van der Waals surface area contributed by atoms with Gasteiger partial charge < -0.3 is 9.90 Å². The van der Waals surface area contributed by atoms with Crippen molar-refractivity contribution >= 4 is 5.97 Å². The van der Waals surface area contributed by atoms with E-state index >= 15 is 0 Å². The van der Waals surface area contributed by atoms with Crippen LogP contribution in [0.3, 0.4) is 0 Å². The van der Waals surface area contributed by atoms with Gasteiger partial charge in [-0.1, -0.05) is 13.3 Å². The fourth-order valence-corrected chi connectivity index (χ4v) is 0.678. The number of carboxylic acids is 1. The Morgan fingerprint density at radius 2 is 2.36 bits per heavy atom. The number of carboxylic acid groups (broad SMARTS) is 1. The minimum atomic E-state index is -1.24. The molecule has 0 radical (unpaired) electrons. The highest BCUT2D eigenvalue weighted by Gasteiger charge is 1.96. The van der Waals surface area contributed by atoms with Crippen LogP contribution in [0, 0.1) is 11.3 Å². The van der Waals surface area contributed by atoms with Gasteiger partial charge in [-0.3, -0.25) is 0 Å². The van der Waals surface area contributed by atoms with Crippen LogP contribution in [0.25, 0.3) is 0 Å². The third kappa shape index (κ3) is 4.15. The fourth-order valence-electron chi connectivity index (χ4n) is 0.678. The molecule has 0 spiro atoms. The zero-order chi connectivity index (χ0) is 8.69. The fraction of sp³-hybridized carbons (Fsp3) is 0.500. The Morgan fingerprint density at radius 3 is 2.73 bits per heavy atom. The van der Waals surface area contributed by atoms with Gasteiger partial charge in [0.1, 0.15) is 0 Å². The lowest BCUT2D eigenvalue weighted by Crippen LogP contribution is -2.24. The van der Waals surface area contributed by atoms with E-state index < -0.39 is 5.97 Å². The third-order valence-corrected chi connectivity index (χ3v) is 1.30. The van der Waals surface area contributed by atoms with Gasteiger partial charge in [0.15, 0.2) is 0 Å². The topological polar surface area (TPSA) is 63.9 Å². The average Bonchev–Trinajstić information content (AvgIpc) is 1.97. The van der Waals surface area contributed by atoms with Gasteiger partial charge in [0.2, 0.25) is 0 Å². The Kier molecular flexibility index (Phi) is 4.83. The van der Waals surface area contributed by atoms with E-state index in [1.807, 2.05) is 6.92 Å². The summed E-state index contributed by atoms with van der Waals surface area (Å²) in [6, 6.07) is 1.68. The smallest absolute Gasteiger partial charge is 0.0915 e. The molecule has 3 heteroatoms. The first-order valence-electron chi connectivity index (χ1n) is 3.52. The highest BCUT2D eigenvalue weighted by molar-refractivity contribution is 5.85. The molecule has 3 nitrogen and oxygen atoms in total. The first kappa shape index (κ1) is 9.70. The maximum Gasteiger partial charge on any atom is 0.0915 e. The Hall–Kier alpha value is -1.30.